The Hall–Kier alpha value is -3.59. The first-order chi connectivity index (χ1) is 13.8. The summed E-state index contributed by atoms with van der Waals surface area (Å²) in [4.78, 5) is 38.9. The second kappa shape index (κ2) is 8.61. The molecule has 0 spiro atoms. The number of hydrogen-bond donors (Lipinski definition) is 3. The third-order valence-corrected chi connectivity index (χ3v) is 4.68. The lowest BCUT2D eigenvalue weighted by Crippen LogP contribution is -2.19. The van der Waals surface area contributed by atoms with Crippen LogP contribution in [0.4, 0.5) is 5.69 Å². The normalized spacial score (nSPS) is 16.1. The molecule has 0 saturated carbocycles. The number of amidine groups is 1. The molecule has 0 radical (unpaired) electrons. The fraction of sp³-hybridized carbons (Fsp3) is 0.100. The highest BCUT2D eigenvalue weighted by atomic mass is 32.2. The Balaban J connectivity index is 1.83. The second-order valence-electron chi connectivity index (χ2n) is 6.06. The van der Waals surface area contributed by atoms with Gasteiger partial charge in [-0.15, -0.1) is 0 Å². The highest BCUT2D eigenvalue weighted by Crippen LogP contribution is 2.30. The smallest absolute Gasteiger partial charge is 0.341 e. The van der Waals surface area contributed by atoms with Crippen molar-refractivity contribution < 1.29 is 29.3 Å². The molecule has 1 aliphatic heterocycles. The van der Waals surface area contributed by atoms with Gasteiger partial charge in [-0.1, -0.05) is 18.2 Å². The Labute approximate surface area is 169 Å². The number of aromatic carboxylic acids is 1. The van der Waals surface area contributed by atoms with Gasteiger partial charge in [-0.05, 0) is 60.2 Å². The number of aliphatic imine (C=N–C) groups is 1. The van der Waals surface area contributed by atoms with Gasteiger partial charge >= 0.3 is 11.9 Å². The summed E-state index contributed by atoms with van der Waals surface area (Å²) in [7, 11) is 0. The van der Waals surface area contributed by atoms with E-state index in [4.69, 9.17) is 9.84 Å². The minimum absolute atomic E-state index is 0.0404. The predicted octanol–water partition coefficient (Wildman–Crippen LogP) is 3.05. The van der Waals surface area contributed by atoms with Gasteiger partial charge in [-0.2, -0.15) is 0 Å². The summed E-state index contributed by atoms with van der Waals surface area (Å²) in [6.07, 6.45) is 1.62. The molecule has 1 saturated heterocycles. The Morgan fingerprint density at radius 1 is 1.21 bits per heavy atom. The fourth-order valence-corrected chi connectivity index (χ4v) is 3.33. The van der Waals surface area contributed by atoms with E-state index in [1.807, 2.05) is 6.92 Å². The summed E-state index contributed by atoms with van der Waals surface area (Å²) < 4.78 is 5.13. The van der Waals surface area contributed by atoms with Gasteiger partial charge in [0, 0.05) is 0 Å². The Morgan fingerprint density at radius 3 is 2.72 bits per heavy atom. The molecule has 2 aromatic rings. The molecule has 3 rings (SSSR count). The monoisotopic (exact) mass is 412 g/mol. The summed E-state index contributed by atoms with van der Waals surface area (Å²) in [6.45, 7) is 1.36. The maximum Gasteiger partial charge on any atom is 0.341 e. The standard InChI is InChI=1S/C20H16N2O6S/c1-11-5-6-14(19(26)27)15(7-11)21-20-22-18(25)16(29-20)9-12-3-2-4-13(8-12)28-10-17(23)24/h2-9H,10H2,1H3,(H,23,24)(H,26,27)(H,21,22,25)/b16-9-. The molecule has 8 nitrogen and oxygen atoms in total. The molecular weight excluding hydrogens is 396 g/mol. The number of benzene rings is 2. The number of aliphatic carboxylic acids is 1. The third-order valence-electron chi connectivity index (χ3n) is 3.77. The van der Waals surface area contributed by atoms with E-state index < -0.39 is 18.5 Å². The number of carboxylic acids is 2. The highest BCUT2D eigenvalue weighted by molar-refractivity contribution is 8.18. The summed E-state index contributed by atoms with van der Waals surface area (Å²) in [6, 6.07) is 11.4. The van der Waals surface area contributed by atoms with Crippen molar-refractivity contribution in [1.29, 1.82) is 0 Å². The highest BCUT2D eigenvalue weighted by Gasteiger charge is 2.24. The largest absolute Gasteiger partial charge is 0.482 e. The molecule has 29 heavy (non-hydrogen) atoms. The second-order valence-corrected chi connectivity index (χ2v) is 7.09. The van der Waals surface area contributed by atoms with Crippen molar-refractivity contribution >= 4 is 46.5 Å². The van der Waals surface area contributed by atoms with Crippen molar-refractivity contribution in [2.75, 3.05) is 6.61 Å². The molecule has 0 atom stereocenters. The van der Waals surface area contributed by atoms with Crippen LogP contribution in [-0.4, -0.2) is 39.8 Å². The first-order valence-electron chi connectivity index (χ1n) is 8.40. The van der Waals surface area contributed by atoms with Gasteiger partial charge in [0.25, 0.3) is 5.91 Å². The number of amides is 1. The molecule has 2 aromatic carbocycles. The molecule has 0 unspecified atom stereocenters. The van der Waals surface area contributed by atoms with Gasteiger partial charge in [0.05, 0.1) is 16.2 Å². The number of rotatable bonds is 6. The zero-order valence-corrected chi connectivity index (χ0v) is 16.0. The topological polar surface area (TPSA) is 125 Å². The van der Waals surface area contributed by atoms with Gasteiger partial charge in [-0.3, -0.25) is 4.79 Å². The van der Waals surface area contributed by atoms with E-state index in [1.54, 1.807) is 42.5 Å². The molecule has 1 fully saturated rings. The zero-order chi connectivity index (χ0) is 21.0. The average Bonchev–Trinajstić information content (AvgIpc) is 2.99. The van der Waals surface area contributed by atoms with Crippen LogP contribution in [0, 0.1) is 6.92 Å². The van der Waals surface area contributed by atoms with Crippen molar-refractivity contribution in [2.45, 2.75) is 6.92 Å². The summed E-state index contributed by atoms with van der Waals surface area (Å²) in [5.74, 6) is -2.19. The Bertz CT molecular complexity index is 1060. The van der Waals surface area contributed by atoms with Crippen LogP contribution in [-0.2, 0) is 9.59 Å². The Kier molecular flexibility index (Phi) is 5.99. The number of carbonyl (C=O) groups is 3. The van der Waals surface area contributed by atoms with Crippen molar-refractivity contribution in [1.82, 2.24) is 5.32 Å². The van der Waals surface area contributed by atoms with Crippen LogP contribution in [0.25, 0.3) is 6.08 Å². The molecule has 1 aliphatic rings. The minimum Gasteiger partial charge on any atom is -0.482 e. The maximum atomic E-state index is 12.3. The van der Waals surface area contributed by atoms with E-state index in [-0.39, 0.29) is 22.3 Å². The van der Waals surface area contributed by atoms with Gasteiger partial charge in [0.1, 0.15) is 5.75 Å². The molecule has 0 aromatic heterocycles. The van der Waals surface area contributed by atoms with Crippen LogP contribution >= 0.6 is 11.8 Å². The van der Waals surface area contributed by atoms with Gasteiger partial charge in [0.15, 0.2) is 11.8 Å². The number of nitrogens with one attached hydrogen (secondary N) is 1. The average molecular weight is 412 g/mol. The van der Waals surface area contributed by atoms with Crippen LogP contribution in [0.5, 0.6) is 5.75 Å². The van der Waals surface area contributed by atoms with Crippen molar-refractivity contribution in [2.24, 2.45) is 4.99 Å². The first-order valence-corrected chi connectivity index (χ1v) is 9.21. The molecule has 1 heterocycles. The van der Waals surface area contributed by atoms with E-state index >= 15 is 0 Å². The molecule has 9 heteroatoms. The van der Waals surface area contributed by atoms with Crippen LogP contribution in [0.2, 0.25) is 0 Å². The number of carbonyl (C=O) groups excluding carboxylic acids is 1. The third kappa shape index (κ3) is 5.23. The zero-order valence-electron chi connectivity index (χ0n) is 15.2. The summed E-state index contributed by atoms with van der Waals surface area (Å²) in [5.41, 5.74) is 1.79. The first kappa shape index (κ1) is 20.2. The predicted molar refractivity (Wildman–Crippen MR) is 109 cm³/mol. The van der Waals surface area contributed by atoms with Gasteiger partial charge in [-0.25, -0.2) is 14.6 Å². The number of hydrogen-bond acceptors (Lipinski definition) is 6. The minimum atomic E-state index is -1.10. The van der Waals surface area contributed by atoms with Crippen LogP contribution in [0.15, 0.2) is 52.4 Å². The molecule has 0 aliphatic carbocycles. The van der Waals surface area contributed by atoms with E-state index in [1.165, 1.54) is 6.07 Å². The molecule has 1 amide bonds. The van der Waals surface area contributed by atoms with Gasteiger partial charge < -0.3 is 20.3 Å². The van der Waals surface area contributed by atoms with Crippen LogP contribution < -0.4 is 10.1 Å². The molecule has 3 N–H and O–H groups in total. The number of aryl methyl sites for hydroxylation is 1. The number of carboxylic acid groups (broad SMARTS) is 2. The van der Waals surface area contributed by atoms with Crippen LogP contribution in [0.1, 0.15) is 21.5 Å². The van der Waals surface area contributed by atoms with Crippen molar-refractivity contribution in [3.05, 3.63) is 64.1 Å². The van der Waals surface area contributed by atoms with E-state index in [2.05, 4.69) is 10.3 Å². The summed E-state index contributed by atoms with van der Waals surface area (Å²) >= 11 is 1.08. The quantitative estimate of drug-likeness (QED) is 0.623. The van der Waals surface area contributed by atoms with E-state index in [9.17, 15) is 19.5 Å². The lowest BCUT2D eigenvalue weighted by molar-refractivity contribution is -0.139. The number of ether oxygens (including phenoxy) is 1. The van der Waals surface area contributed by atoms with Gasteiger partial charge in [0.2, 0.25) is 0 Å². The van der Waals surface area contributed by atoms with Crippen molar-refractivity contribution in [3.63, 3.8) is 0 Å². The van der Waals surface area contributed by atoms with Crippen LogP contribution in [0.3, 0.4) is 0 Å². The van der Waals surface area contributed by atoms with E-state index in [0.29, 0.717) is 16.2 Å². The SMILES string of the molecule is Cc1ccc(C(=O)O)c(N=C2NC(=O)/C(=C/c3cccc(OCC(=O)O)c3)S2)c1. The fourth-order valence-electron chi connectivity index (χ4n) is 2.50. The molecule has 0 bridgehead atoms. The number of nitrogens with zero attached hydrogens (tertiary/aromatic N) is 1. The lowest BCUT2D eigenvalue weighted by Gasteiger charge is -2.04. The maximum absolute atomic E-state index is 12.3. The Morgan fingerprint density at radius 2 is 2.00 bits per heavy atom. The summed E-state index contributed by atoms with van der Waals surface area (Å²) in [5, 5.41) is 20.9. The molecule has 148 valence electrons. The lowest BCUT2D eigenvalue weighted by atomic mass is 10.1. The molecular formula is C20H16N2O6S. The van der Waals surface area contributed by atoms with E-state index in [0.717, 1.165) is 17.3 Å². The number of thioether (sulfide) groups is 1. The van der Waals surface area contributed by atoms with Crippen molar-refractivity contribution in [3.8, 4) is 5.75 Å².